The molecule has 0 spiro atoms. The molecule has 0 aliphatic rings. The summed E-state index contributed by atoms with van der Waals surface area (Å²) < 4.78 is 5.94. The lowest BCUT2D eigenvalue weighted by atomic mass is 10.0. The standard InChI is InChI=1S/C39H76O4/c1-3-5-7-9-11-13-15-17-18-19-20-22-24-26-29-33-37(34-30-28-31-35-38(40)41)43-39(42)36-32-27-25-23-21-16-14-12-10-8-6-4-2/h37H,3-36H2,1-2H3,(H,40,41). The predicted octanol–water partition coefficient (Wildman–Crippen LogP) is 13.3. The Morgan fingerprint density at radius 2 is 0.698 bits per heavy atom. The number of ether oxygens (including phenoxy) is 1. The Morgan fingerprint density at radius 3 is 1.05 bits per heavy atom. The first-order valence-electron chi connectivity index (χ1n) is 19.5. The van der Waals surface area contributed by atoms with Crippen molar-refractivity contribution in [1.29, 1.82) is 0 Å². The first kappa shape index (κ1) is 41.9. The van der Waals surface area contributed by atoms with E-state index in [1.54, 1.807) is 0 Å². The number of rotatable bonds is 36. The number of aliphatic carboxylic acids is 1. The molecule has 0 saturated heterocycles. The van der Waals surface area contributed by atoms with Gasteiger partial charge < -0.3 is 9.84 Å². The van der Waals surface area contributed by atoms with Crippen LogP contribution in [0.25, 0.3) is 0 Å². The van der Waals surface area contributed by atoms with Gasteiger partial charge in [-0.1, -0.05) is 181 Å². The van der Waals surface area contributed by atoms with E-state index in [-0.39, 0.29) is 18.5 Å². The molecule has 1 atom stereocenters. The molecule has 0 rings (SSSR count). The summed E-state index contributed by atoms with van der Waals surface area (Å²) in [6.45, 7) is 4.55. The molecule has 0 aromatic rings. The second-order valence-electron chi connectivity index (χ2n) is 13.5. The fourth-order valence-electron chi connectivity index (χ4n) is 6.19. The van der Waals surface area contributed by atoms with Crippen LogP contribution in [0.5, 0.6) is 0 Å². The molecule has 0 aromatic heterocycles. The monoisotopic (exact) mass is 609 g/mol. The smallest absolute Gasteiger partial charge is 0.306 e. The van der Waals surface area contributed by atoms with E-state index in [1.165, 1.54) is 154 Å². The van der Waals surface area contributed by atoms with Gasteiger partial charge in [-0.05, 0) is 38.5 Å². The molecule has 4 heteroatoms. The molecule has 0 amide bonds. The van der Waals surface area contributed by atoms with Gasteiger partial charge in [0.1, 0.15) is 6.10 Å². The molecule has 0 aromatic carbocycles. The van der Waals surface area contributed by atoms with Gasteiger partial charge in [-0.25, -0.2) is 0 Å². The average Bonchev–Trinajstić information content (AvgIpc) is 2.99. The summed E-state index contributed by atoms with van der Waals surface area (Å²) in [4.78, 5) is 23.4. The molecule has 4 nitrogen and oxygen atoms in total. The predicted molar refractivity (Wildman–Crippen MR) is 186 cm³/mol. The quantitative estimate of drug-likeness (QED) is 0.0567. The zero-order chi connectivity index (χ0) is 31.5. The molecule has 1 unspecified atom stereocenters. The minimum absolute atomic E-state index is 0.0108. The number of carboxylic acid groups (broad SMARTS) is 1. The molecule has 256 valence electrons. The van der Waals surface area contributed by atoms with Gasteiger partial charge in [0.15, 0.2) is 0 Å². The number of hydrogen-bond donors (Lipinski definition) is 1. The fourth-order valence-corrected chi connectivity index (χ4v) is 6.19. The molecule has 1 N–H and O–H groups in total. The zero-order valence-electron chi connectivity index (χ0n) is 29.3. The van der Waals surface area contributed by atoms with Crippen LogP contribution in [0.2, 0.25) is 0 Å². The molecule has 43 heavy (non-hydrogen) atoms. The van der Waals surface area contributed by atoms with Gasteiger partial charge in [-0.2, -0.15) is 0 Å². The van der Waals surface area contributed by atoms with Crippen molar-refractivity contribution >= 4 is 11.9 Å². The highest BCUT2D eigenvalue weighted by Gasteiger charge is 2.14. The second-order valence-corrected chi connectivity index (χ2v) is 13.5. The van der Waals surface area contributed by atoms with E-state index in [1.807, 2.05) is 0 Å². The summed E-state index contributed by atoms with van der Waals surface area (Å²) in [5, 5.41) is 8.88. The maximum Gasteiger partial charge on any atom is 0.306 e. The Bertz CT molecular complexity index is 576. The summed E-state index contributed by atoms with van der Waals surface area (Å²) in [7, 11) is 0. The Kier molecular flexibility index (Phi) is 34.5. The minimum Gasteiger partial charge on any atom is -0.481 e. The lowest BCUT2D eigenvalue weighted by Crippen LogP contribution is -2.18. The van der Waals surface area contributed by atoms with Gasteiger partial charge in [-0.3, -0.25) is 9.59 Å². The van der Waals surface area contributed by atoms with E-state index in [0.717, 1.165) is 44.9 Å². The summed E-state index contributed by atoms with van der Waals surface area (Å²) in [5.74, 6) is -0.744. The molecular weight excluding hydrogens is 532 g/mol. The van der Waals surface area contributed by atoms with Gasteiger partial charge in [0.05, 0.1) is 0 Å². The molecule has 0 saturated carbocycles. The van der Waals surface area contributed by atoms with E-state index < -0.39 is 5.97 Å². The van der Waals surface area contributed by atoms with E-state index in [4.69, 9.17) is 9.84 Å². The molecule has 0 radical (unpaired) electrons. The fraction of sp³-hybridized carbons (Fsp3) is 0.949. The van der Waals surface area contributed by atoms with Crippen molar-refractivity contribution in [2.45, 2.75) is 238 Å². The number of hydrogen-bond acceptors (Lipinski definition) is 3. The van der Waals surface area contributed by atoms with Crippen LogP contribution in [0.3, 0.4) is 0 Å². The van der Waals surface area contributed by atoms with Crippen LogP contribution in [0.4, 0.5) is 0 Å². The van der Waals surface area contributed by atoms with Gasteiger partial charge in [0.25, 0.3) is 0 Å². The maximum absolute atomic E-state index is 12.6. The summed E-state index contributed by atoms with van der Waals surface area (Å²) in [5.41, 5.74) is 0. The summed E-state index contributed by atoms with van der Waals surface area (Å²) in [6.07, 6.45) is 41.2. The van der Waals surface area contributed by atoms with Crippen molar-refractivity contribution in [2.75, 3.05) is 0 Å². The normalized spacial score (nSPS) is 12.0. The van der Waals surface area contributed by atoms with Crippen LogP contribution < -0.4 is 0 Å². The number of esters is 1. The Labute approximate surface area is 269 Å². The summed E-state index contributed by atoms with van der Waals surface area (Å²) in [6, 6.07) is 0. The topological polar surface area (TPSA) is 63.6 Å². The van der Waals surface area contributed by atoms with Gasteiger partial charge in [0, 0.05) is 12.8 Å². The highest BCUT2D eigenvalue weighted by atomic mass is 16.5. The van der Waals surface area contributed by atoms with E-state index in [2.05, 4.69) is 13.8 Å². The molecule has 0 heterocycles. The Balaban J connectivity index is 3.90. The van der Waals surface area contributed by atoms with Crippen LogP contribution in [-0.4, -0.2) is 23.1 Å². The Morgan fingerprint density at radius 1 is 0.419 bits per heavy atom. The number of carboxylic acids is 1. The highest BCUT2D eigenvalue weighted by molar-refractivity contribution is 5.69. The molecule has 0 bridgehead atoms. The number of unbranched alkanes of at least 4 members (excludes halogenated alkanes) is 27. The molecular formula is C39H76O4. The third-order valence-corrected chi connectivity index (χ3v) is 9.08. The van der Waals surface area contributed by atoms with Crippen LogP contribution in [0, 0.1) is 0 Å². The van der Waals surface area contributed by atoms with Crippen LogP contribution in [-0.2, 0) is 14.3 Å². The van der Waals surface area contributed by atoms with Gasteiger partial charge in [-0.15, -0.1) is 0 Å². The first-order chi connectivity index (χ1) is 21.1. The van der Waals surface area contributed by atoms with Crippen molar-refractivity contribution in [2.24, 2.45) is 0 Å². The second kappa shape index (κ2) is 35.4. The van der Waals surface area contributed by atoms with Crippen LogP contribution >= 0.6 is 0 Å². The maximum atomic E-state index is 12.6. The largest absolute Gasteiger partial charge is 0.481 e. The van der Waals surface area contributed by atoms with E-state index in [9.17, 15) is 9.59 Å². The van der Waals surface area contributed by atoms with Crippen LogP contribution in [0.1, 0.15) is 232 Å². The minimum atomic E-state index is -0.719. The highest BCUT2D eigenvalue weighted by Crippen LogP contribution is 2.19. The molecule has 0 fully saturated rings. The van der Waals surface area contributed by atoms with E-state index in [0.29, 0.717) is 12.8 Å². The number of carbonyl (C=O) groups excluding carboxylic acids is 1. The van der Waals surface area contributed by atoms with Crippen molar-refractivity contribution < 1.29 is 19.4 Å². The third-order valence-electron chi connectivity index (χ3n) is 9.08. The lowest BCUT2D eigenvalue weighted by molar-refractivity contribution is -0.150. The Hall–Kier alpha value is -1.06. The van der Waals surface area contributed by atoms with Gasteiger partial charge in [0.2, 0.25) is 0 Å². The third kappa shape index (κ3) is 35.3. The van der Waals surface area contributed by atoms with Crippen molar-refractivity contribution in [3.63, 3.8) is 0 Å². The zero-order valence-corrected chi connectivity index (χ0v) is 29.3. The summed E-state index contributed by atoms with van der Waals surface area (Å²) >= 11 is 0. The SMILES string of the molecule is CCCCCCCCCCCCCCCCCC(CCCCCC(=O)O)OC(=O)CCCCCCCCCCCCCC. The lowest BCUT2D eigenvalue weighted by Gasteiger charge is -2.18. The van der Waals surface area contributed by atoms with Crippen molar-refractivity contribution in [3.8, 4) is 0 Å². The van der Waals surface area contributed by atoms with Crippen molar-refractivity contribution in [3.05, 3.63) is 0 Å². The average molecular weight is 609 g/mol. The van der Waals surface area contributed by atoms with Gasteiger partial charge >= 0.3 is 11.9 Å². The molecule has 0 aliphatic carbocycles. The van der Waals surface area contributed by atoms with Crippen LogP contribution in [0.15, 0.2) is 0 Å². The van der Waals surface area contributed by atoms with Crippen molar-refractivity contribution in [1.82, 2.24) is 0 Å². The van der Waals surface area contributed by atoms with E-state index >= 15 is 0 Å². The number of carbonyl (C=O) groups is 2. The first-order valence-corrected chi connectivity index (χ1v) is 19.5. The molecule has 0 aliphatic heterocycles.